The predicted molar refractivity (Wildman–Crippen MR) is 107 cm³/mol. The van der Waals surface area contributed by atoms with Crippen LogP contribution in [0.4, 0.5) is 0 Å². The number of sulfone groups is 1. The zero-order valence-electron chi connectivity index (χ0n) is 15.9. The third kappa shape index (κ3) is 4.02. The minimum atomic E-state index is -3.48. The number of nitrogens with one attached hydrogen (secondary N) is 1. The average molecular weight is 402 g/mol. The summed E-state index contributed by atoms with van der Waals surface area (Å²) in [7, 11) is -0.310. The lowest BCUT2D eigenvalue weighted by Crippen LogP contribution is -2.14. The molecule has 3 rings (SSSR count). The summed E-state index contributed by atoms with van der Waals surface area (Å²) in [4.78, 5) is 4.30. The van der Waals surface area contributed by atoms with Gasteiger partial charge in [0.25, 0.3) is 0 Å². The fourth-order valence-corrected chi connectivity index (χ4v) is 3.94. The van der Waals surface area contributed by atoms with Crippen LogP contribution in [-0.2, 0) is 22.9 Å². The molecule has 2 aromatic carbocycles. The van der Waals surface area contributed by atoms with Crippen molar-refractivity contribution in [2.45, 2.75) is 18.0 Å². The molecule has 0 aliphatic carbocycles. The van der Waals surface area contributed by atoms with Gasteiger partial charge in [0.15, 0.2) is 9.84 Å². The summed E-state index contributed by atoms with van der Waals surface area (Å²) in [5.41, 5.74) is 1.63. The van der Waals surface area contributed by atoms with Gasteiger partial charge in [-0.15, -0.1) is 0 Å². The smallest absolute Gasteiger partial charge is 0.176 e. The Hall–Kier alpha value is -2.84. The molecule has 0 spiro atoms. The average Bonchev–Trinajstić information content (AvgIpc) is 2.69. The highest BCUT2D eigenvalue weighted by Gasteiger charge is 2.18. The molecule has 2 N–H and O–H groups in total. The summed E-state index contributed by atoms with van der Waals surface area (Å²) in [5.74, 6) is 1.34. The van der Waals surface area contributed by atoms with E-state index in [2.05, 4.69) is 10.3 Å². The molecular weight excluding hydrogens is 380 g/mol. The number of aromatic nitrogens is 1. The molecule has 0 fully saturated rings. The van der Waals surface area contributed by atoms with Crippen LogP contribution < -0.4 is 14.8 Å². The molecule has 0 aliphatic rings. The van der Waals surface area contributed by atoms with Crippen molar-refractivity contribution in [2.24, 2.45) is 0 Å². The Labute approximate surface area is 163 Å². The summed E-state index contributed by atoms with van der Waals surface area (Å²) in [6.07, 6.45) is 2.67. The molecule has 0 unspecified atom stereocenters. The zero-order valence-corrected chi connectivity index (χ0v) is 16.7. The third-order valence-corrected chi connectivity index (χ3v) is 5.57. The van der Waals surface area contributed by atoms with Crippen molar-refractivity contribution in [3.63, 3.8) is 0 Å². The molecule has 8 heteroatoms. The van der Waals surface area contributed by atoms with Crippen molar-refractivity contribution in [3.8, 4) is 17.2 Å². The Kier molecular flexibility index (Phi) is 5.71. The highest BCUT2D eigenvalue weighted by molar-refractivity contribution is 7.91. The maximum Gasteiger partial charge on any atom is 0.176 e. The summed E-state index contributed by atoms with van der Waals surface area (Å²) in [6, 6.07) is 10.3. The van der Waals surface area contributed by atoms with Gasteiger partial charge in [-0.05, 0) is 24.3 Å². The van der Waals surface area contributed by atoms with Gasteiger partial charge in [-0.3, -0.25) is 4.98 Å². The van der Waals surface area contributed by atoms with E-state index >= 15 is 0 Å². The normalized spacial score (nSPS) is 11.5. The molecule has 0 saturated carbocycles. The predicted octanol–water partition coefficient (Wildman–Crippen LogP) is 2.65. The number of methoxy groups -OCH3 is 2. The Balaban J connectivity index is 1.88. The second kappa shape index (κ2) is 8.04. The number of fused-ring (bicyclic) bond motifs is 1. The van der Waals surface area contributed by atoms with E-state index in [1.807, 2.05) is 12.1 Å². The molecule has 148 valence electrons. The highest BCUT2D eigenvalue weighted by Crippen LogP contribution is 2.32. The van der Waals surface area contributed by atoms with Gasteiger partial charge in [0.2, 0.25) is 0 Å². The lowest BCUT2D eigenvalue weighted by molar-refractivity contribution is 0.389. The number of benzene rings is 2. The second-order valence-corrected chi connectivity index (χ2v) is 8.32. The number of hydrogen-bond donors (Lipinski definition) is 2. The number of nitrogens with zero attached hydrogens (tertiary/aromatic N) is 1. The summed E-state index contributed by atoms with van der Waals surface area (Å²) >= 11 is 0. The molecule has 0 bridgehead atoms. The zero-order chi connectivity index (χ0) is 20.3. The van der Waals surface area contributed by atoms with Crippen molar-refractivity contribution < 1.29 is 23.0 Å². The number of hydrogen-bond acceptors (Lipinski definition) is 7. The number of aromatic hydroxyl groups is 1. The van der Waals surface area contributed by atoms with Gasteiger partial charge >= 0.3 is 0 Å². The van der Waals surface area contributed by atoms with Crippen molar-refractivity contribution in [2.75, 3.05) is 20.5 Å². The fourth-order valence-electron chi connectivity index (χ4n) is 3.02. The van der Waals surface area contributed by atoms with E-state index in [0.717, 1.165) is 11.8 Å². The summed E-state index contributed by atoms with van der Waals surface area (Å²) in [6.45, 7) is 0.719. The Bertz CT molecular complexity index is 1110. The van der Waals surface area contributed by atoms with Crippen LogP contribution in [0, 0.1) is 0 Å². The van der Waals surface area contributed by atoms with E-state index in [1.165, 1.54) is 12.3 Å². The molecular formula is C20H22N2O5S. The number of phenolic OH excluding ortho intramolecular Hbond substituents is 1. The van der Waals surface area contributed by atoms with Crippen LogP contribution >= 0.6 is 0 Å². The first kappa shape index (κ1) is 19.9. The quantitative estimate of drug-likeness (QED) is 0.627. The molecule has 0 radical (unpaired) electrons. The van der Waals surface area contributed by atoms with Gasteiger partial charge in [0.05, 0.1) is 19.1 Å². The van der Waals surface area contributed by atoms with Crippen LogP contribution in [0.3, 0.4) is 0 Å². The molecule has 0 amide bonds. The lowest BCUT2D eigenvalue weighted by Gasteiger charge is -2.14. The van der Waals surface area contributed by atoms with Crippen LogP contribution in [0.2, 0.25) is 0 Å². The molecule has 0 aliphatic heterocycles. The third-order valence-electron chi connectivity index (χ3n) is 4.43. The number of phenols is 1. The Morgan fingerprint density at radius 1 is 1.07 bits per heavy atom. The van der Waals surface area contributed by atoms with Crippen molar-refractivity contribution in [3.05, 3.63) is 53.7 Å². The Morgan fingerprint density at radius 2 is 1.82 bits per heavy atom. The van der Waals surface area contributed by atoms with E-state index < -0.39 is 9.84 Å². The lowest BCUT2D eigenvalue weighted by atomic mass is 10.1. The summed E-state index contributed by atoms with van der Waals surface area (Å²) < 4.78 is 34.9. The van der Waals surface area contributed by atoms with Gasteiger partial charge < -0.3 is 19.9 Å². The second-order valence-electron chi connectivity index (χ2n) is 6.34. The van der Waals surface area contributed by atoms with Gasteiger partial charge in [-0.25, -0.2) is 8.42 Å². The minimum absolute atomic E-state index is 0.0304. The van der Waals surface area contributed by atoms with Crippen LogP contribution in [-0.4, -0.2) is 39.0 Å². The minimum Gasteiger partial charge on any atom is -0.505 e. The standard InChI is InChI=1S/C20H22N2O5S/c1-26-15-7-6-13(17(10-15)27-2)11-21-12-14-9-18(28(3,24)25)16-5-4-8-22-19(16)20(14)23/h4-10,21,23H,11-12H2,1-3H3. The first-order valence-electron chi connectivity index (χ1n) is 8.56. The maximum absolute atomic E-state index is 12.2. The number of rotatable bonds is 7. The summed E-state index contributed by atoms with van der Waals surface area (Å²) in [5, 5.41) is 14.2. The first-order valence-corrected chi connectivity index (χ1v) is 10.5. The van der Waals surface area contributed by atoms with E-state index in [4.69, 9.17) is 9.47 Å². The largest absolute Gasteiger partial charge is 0.505 e. The Morgan fingerprint density at radius 3 is 2.50 bits per heavy atom. The molecule has 1 heterocycles. The van der Waals surface area contributed by atoms with E-state index in [0.29, 0.717) is 29.0 Å². The van der Waals surface area contributed by atoms with Gasteiger partial charge in [0.1, 0.15) is 22.8 Å². The van der Waals surface area contributed by atoms with Gasteiger partial charge in [-0.2, -0.15) is 0 Å². The van der Waals surface area contributed by atoms with Crippen LogP contribution in [0.5, 0.6) is 17.2 Å². The molecule has 0 saturated heterocycles. The number of ether oxygens (including phenoxy) is 2. The first-order chi connectivity index (χ1) is 13.3. The molecule has 28 heavy (non-hydrogen) atoms. The van der Waals surface area contributed by atoms with Crippen LogP contribution in [0.1, 0.15) is 11.1 Å². The monoisotopic (exact) mass is 402 g/mol. The molecule has 0 atom stereocenters. The maximum atomic E-state index is 12.2. The van der Waals surface area contributed by atoms with Crippen molar-refractivity contribution in [1.82, 2.24) is 10.3 Å². The molecule has 3 aromatic rings. The molecule has 7 nitrogen and oxygen atoms in total. The van der Waals surface area contributed by atoms with E-state index in [-0.39, 0.29) is 22.7 Å². The highest BCUT2D eigenvalue weighted by atomic mass is 32.2. The topological polar surface area (TPSA) is 97.8 Å². The van der Waals surface area contributed by atoms with E-state index in [9.17, 15) is 13.5 Å². The SMILES string of the molecule is COc1ccc(CNCc2cc(S(C)(=O)=O)c3cccnc3c2O)c(OC)c1. The van der Waals surface area contributed by atoms with Crippen LogP contribution in [0.15, 0.2) is 47.5 Å². The van der Waals surface area contributed by atoms with Crippen molar-refractivity contribution in [1.29, 1.82) is 0 Å². The van der Waals surface area contributed by atoms with Gasteiger partial charge in [-0.1, -0.05) is 6.07 Å². The molecule has 1 aromatic heterocycles. The fraction of sp³-hybridized carbons (Fsp3) is 0.250. The van der Waals surface area contributed by atoms with Gasteiger partial charge in [0, 0.05) is 48.1 Å². The number of pyridine rings is 1. The van der Waals surface area contributed by atoms with Crippen molar-refractivity contribution >= 4 is 20.7 Å². The van der Waals surface area contributed by atoms with E-state index in [1.54, 1.807) is 32.4 Å². The van der Waals surface area contributed by atoms with Crippen LogP contribution in [0.25, 0.3) is 10.9 Å².